The van der Waals surface area contributed by atoms with Gasteiger partial charge in [0, 0.05) is 11.0 Å². The minimum absolute atomic E-state index is 0.292. The molecule has 0 unspecified atom stereocenters. The highest BCUT2D eigenvalue weighted by Crippen LogP contribution is 2.39. The lowest BCUT2D eigenvalue weighted by Gasteiger charge is -2.18. The Balaban J connectivity index is 0.000000176. The molecule has 3 aromatic rings. The van der Waals surface area contributed by atoms with Crippen molar-refractivity contribution in [3.8, 4) is 0 Å². The maximum atomic E-state index is 8.83. The molecule has 0 atom stereocenters. The maximum Gasteiger partial charge on any atom is 0.0484 e. The highest BCUT2D eigenvalue weighted by molar-refractivity contribution is 14.1. The molecule has 5 rings (SSSR count). The number of halogens is 1. The van der Waals surface area contributed by atoms with E-state index in [-0.39, 0.29) is 0 Å². The fourth-order valence-electron chi connectivity index (χ4n) is 4.93. The van der Waals surface area contributed by atoms with Crippen LogP contribution in [-0.2, 0) is 0 Å². The van der Waals surface area contributed by atoms with E-state index in [1.807, 2.05) is 0 Å². The predicted molar refractivity (Wildman–Crippen MR) is 164 cm³/mol. The summed E-state index contributed by atoms with van der Waals surface area (Å²) < 4.78 is 1.35. The average molecular weight is 601 g/mol. The third-order valence-electron chi connectivity index (χ3n) is 7.37. The predicted octanol–water partition coefficient (Wildman–Crippen LogP) is 8.01. The normalized spacial score (nSPS) is 17.7. The first-order valence-electron chi connectivity index (χ1n) is 13.1. The molecule has 0 aromatic heterocycles. The first-order valence-corrected chi connectivity index (χ1v) is 16.0. The van der Waals surface area contributed by atoms with Crippen molar-refractivity contribution in [1.82, 2.24) is 0 Å². The number of aliphatic hydroxyl groups is 1. The molecule has 0 spiro atoms. The van der Waals surface area contributed by atoms with Crippen LogP contribution in [0.15, 0.2) is 91.0 Å². The standard InChI is InChI=1S/C18H15P.C7H13I.C7H14O/c1-4-10-16(11-5-1)19(17-12-6-2-7-13-17)18-14-8-3-9-15-18;2*1-7(6-8)4-2-3-5-7/h1-15H;2-6H2,1H3;8H,2-6H2,1H3. The van der Waals surface area contributed by atoms with Crippen LogP contribution in [0.25, 0.3) is 0 Å². The van der Waals surface area contributed by atoms with Gasteiger partial charge in [0.05, 0.1) is 0 Å². The molecule has 1 nitrogen and oxygen atoms in total. The molecule has 3 heteroatoms. The summed E-state index contributed by atoms with van der Waals surface area (Å²) >= 11 is 2.51. The van der Waals surface area contributed by atoms with Gasteiger partial charge in [-0.3, -0.25) is 0 Å². The van der Waals surface area contributed by atoms with Gasteiger partial charge in [-0.05, 0) is 60.3 Å². The van der Waals surface area contributed by atoms with Crippen molar-refractivity contribution in [3.63, 3.8) is 0 Å². The fourth-order valence-corrected chi connectivity index (χ4v) is 8.00. The van der Waals surface area contributed by atoms with Gasteiger partial charge in [-0.15, -0.1) is 0 Å². The molecular formula is C32H42IOP. The number of rotatable bonds is 5. The van der Waals surface area contributed by atoms with Gasteiger partial charge < -0.3 is 5.11 Å². The van der Waals surface area contributed by atoms with E-state index in [0.717, 1.165) is 5.41 Å². The van der Waals surface area contributed by atoms with Gasteiger partial charge in [0.1, 0.15) is 0 Å². The zero-order chi connectivity index (χ0) is 25.0. The molecule has 188 valence electrons. The minimum Gasteiger partial charge on any atom is -0.396 e. The molecule has 2 aliphatic carbocycles. The molecular weight excluding hydrogens is 558 g/mol. The van der Waals surface area contributed by atoms with Crippen LogP contribution in [0.1, 0.15) is 65.2 Å². The van der Waals surface area contributed by atoms with Crippen molar-refractivity contribution in [1.29, 1.82) is 0 Å². The molecule has 35 heavy (non-hydrogen) atoms. The Hall–Kier alpha value is -1.22. The highest BCUT2D eigenvalue weighted by atomic mass is 127. The quantitative estimate of drug-likeness (QED) is 0.179. The average Bonchev–Trinajstić information content (AvgIpc) is 3.56. The molecule has 0 aliphatic heterocycles. The minimum atomic E-state index is -0.446. The molecule has 0 heterocycles. The van der Waals surface area contributed by atoms with E-state index < -0.39 is 7.92 Å². The third-order valence-corrected chi connectivity index (χ3v) is 11.7. The van der Waals surface area contributed by atoms with Crippen LogP contribution >= 0.6 is 30.5 Å². The SMILES string of the molecule is CC1(CI)CCCC1.CC1(CO)CCCC1.c1ccc(P(c2ccccc2)c2ccccc2)cc1. The topological polar surface area (TPSA) is 20.2 Å². The van der Waals surface area contributed by atoms with Crippen LogP contribution in [-0.4, -0.2) is 16.1 Å². The van der Waals surface area contributed by atoms with Crippen LogP contribution in [0.4, 0.5) is 0 Å². The summed E-state index contributed by atoms with van der Waals surface area (Å²) in [5.74, 6) is 0. The smallest absolute Gasteiger partial charge is 0.0484 e. The van der Waals surface area contributed by atoms with E-state index in [2.05, 4.69) is 127 Å². The van der Waals surface area contributed by atoms with Gasteiger partial charge in [-0.1, -0.05) is 153 Å². The fraction of sp³-hybridized carbons (Fsp3) is 0.438. The molecule has 1 N–H and O–H groups in total. The van der Waals surface area contributed by atoms with Crippen LogP contribution in [0.3, 0.4) is 0 Å². The monoisotopic (exact) mass is 600 g/mol. The van der Waals surface area contributed by atoms with Crippen molar-refractivity contribution >= 4 is 46.4 Å². The van der Waals surface area contributed by atoms with E-state index in [1.54, 1.807) is 0 Å². The summed E-state index contributed by atoms with van der Waals surface area (Å²) in [5, 5.41) is 13.0. The van der Waals surface area contributed by atoms with Crippen LogP contribution in [0, 0.1) is 10.8 Å². The van der Waals surface area contributed by atoms with Crippen molar-refractivity contribution < 1.29 is 5.11 Å². The first-order chi connectivity index (χ1) is 17.0. The highest BCUT2D eigenvalue weighted by Gasteiger charge is 2.27. The number of hydrogen-bond acceptors (Lipinski definition) is 1. The first kappa shape index (κ1) is 28.4. The molecule has 3 aromatic carbocycles. The molecule has 2 saturated carbocycles. The third kappa shape index (κ3) is 8.99. The molecule has 0 bridgehead atoms. The number of alkyl halides is 1. The lowest BCUT2D eigenvalue weighted by atomic mass is 9.90. The van der Waals surface area contributed by atoms with E-state index in [1.165, 1.54) is 71.7 Å². The van der Waals surface area contributed by atoms with Crippen LogP contribution < -0.4 is 15.9 Å². The van der Waals surface area contributed by atoms with Gasteiger partial charge in [-0.25, -0.2) is 0 Å². The Morgan fingerprint density at radius 2 is 0.914 bits per heavy atom. The summed E-state index contributed by atoms with van der Waals surface area (Å²) in [4.78, 5) is 0. The summed E-state index contributed by atoms with van der Waals surface area (Å²) in [6, 6.07) is 32.3. The Morgan fingerprint density at radius 1 is 0.600 bits per heavy atom. The number of aliphatic hydroxyl groups excluding tert-OH is 1. The second kappa shape index (κ2) is 14.5. The van der Waals surface area contributed by atoms with Gasteiger partial charge in [0.25, 0.3) is 0 Å². The Morgan fingerprint density at radius 3 is 1.14 bits per heavy atom. The van der Waals surface area contributed by atoms with E-state index >= 15 is 0 Å². The number of benzene rings is 3. The van der Waals surface area contributed by atoms with Crippen molar-refractivity contribution in [3.05, 3.63) is 91.0 Å². The van der Waals surface area contributed by atoms with Gasteiger partial charge >= 0.3 is 0 Å². The molecule has 0 saturated heterocycles. The Labute approximate surface area is 228 Å². The zero-order valence-electron chi connectivity index (χ0n) is 21.5. The second-order valence-electron chi connectivity index (χ2n) is 10.7. The largest absolute Gasteiger partial charge is 0.396 e. The number of hydrogen-bond donors (Lipinski definition) is 1. The summed E-state index contributed by atoms with van der Waals surface area (Å²) in [6.45, 7) is 4.96. The van der Waals surface area contributed by atoms with Crippen molar-refractivity contribution in [2.75, 3.05) is 11.0 Å². The van der Waals surface area contributed by atoms with Crippen LogP contribution in [0.5, 0.6) is 0 Å². The Bertz CT molecular complexity index is 833. The van der Waals surface area contributed by atoms with Gasteiger partial charge in [-0.2, -0.15) is 0 Å². The lowest BCUT2D eigenvalue weighted by molar-refractivity contribution is 0.149. The second-order valence-corrected chi connectivity index (χ2v) is 13.7. The summed E-state index contributed by atoms with van der Waals surface area (Å²) in [7, 11) is -0.446. The van der Waals surface area contributed by atoms with E-state index in [4.69, 9.17) is 5.11 Å². The van der Waals surface area contributed by atoms with Crippen LogP contribution in [0.2, 0.25) is 0 Å². The van der Waals surface area contributed by atoms with E-state index in [9.17, 15) is 0 Å². The summed E-state index contributed by atoms with van der Waals surface area (Å²) in [6.07, 6.45) is 11.0. The van der Waals surface area contributed by atoms with Crippen molar-refractivity contribution in [2.24, 2.45) is 10.8 Å². The molecule has 0 amide bonds. The maximum absolute atomic E-state index is 8.83. The van der Waals surface area contributed by atoms with Gasteiger partial charge in [0.2, 0.25) is 0 Å². The van der Waals surface area contributed by atoms with Crippen molar-refractivity contribution in [2.45, 2.75) is 65.2 Å². The Kier molecular flexibility index (Phi) is 11.7. The molecule has 2 aliphatic rings. The lowest BCUT2D eigenvalue weighted by Crippen LogP contribution is -2.20. The summed E-state index contributed by atoms with van der Waals surface area (Å²) in [5.41, 5.74) is 1.01. The molecule has 0 radical (unpaired) electrons. The van der Waals surface area contributed by atoms with E-state index in [0.29, 0.717) is 12.0 Å². The molecule has 2 fully saturated rings. The van der Waals surface area contributed by atoms with Gasteiger partial charge in [0.15, 0.2) is 0 Å². The zero-order valence-corrected chi connectivity index (χ0v) is 24.6.